The first-order chi connectivity index (χ1) is 15.4. The number of hydrogen-bond donors (Lipinski definition) is 4. The van der Waals surface area contributed by atoms with Crippen LogP contribution in [0.5, 0.6) is 0 Å². The zero-order chi connectivity index (χ0) is 22.9. The van der Waals surface area contributed by atoms with E-state index in [1.165, 1.54) is 0 Å². The van der Waals surface area contributed by atoms with E-state index in [1.54, 1.807) is 0 Å². The van der Waals surface area contributed by atoms with Gasteiger partial charge in [0.25, 0.3) is 0 Å². The van der Waals surface area contributed by atoms with Crippen molar-refractivity contribution in [3.63, 3.8) is 0 Å². The number of benzene rings is 1. The maximum absolute atomic E-state index is 13.6. The van der Waals surface area contributed by atoms with Gasteiger partial charge in [0.15, 0.2) is 0 Å². The highest BCUT2D eigenvalue weighted by Crippen LogP contribution is 2.22. The van der Waals surface area contributed by atoms with E-state index in [9.17, 15) is 23.5 Å². The summed E-state index contributed by atoms with van der Waals surface area (Å²) in [7, 11) is 0. The minimum Gasteiger partial charge on any atom is -0.394 e. The highest BCUT2D eigenvalue weighted by molar-refractivity contribution is 5.89. The number of aliphatic hydroxyl groups excluding tert-OH is 1. The highest BCUT2D eigenvalue weighted by Gasteiger charge is 2.32. The van der Waals surface area contributed by atoms with Gasteiger partial charge >= 0.3 is 6.03 Å². The first-order valence-electron chi connectivity index (χ1n) is 10.8. The topological polar surface area (TPSA) is 112 Å². The summed E-state index contributed by atoms with van der Waals surface area (Å²) >= 11 is 0. The van der Waals surface area contributed by atoms with Crippen molar-refractivity contribution in [2.24, 2.45) is 0 Å². The zero-order valence-corrected chi connectivity index (χ0v) is 17.8. The maximum Gasteiger partial charge on any atom is 0.319 e. The fourth-order valence-corrected chi connectivity index (χ4v) is 3.83. The molecule has 0 aromatic heterocycles. The van der Waals surface area contributed by atoms with Gasteiger partial charge in [-0.05, 0) is 31.4 Å². The van der Waals surface area contributed by atoms with Gasteiger partial charge in [0.1, 0.15) is 17.7 Å². The van der Waals surface area contributed by atoms with Crippen molar-refractivity contribution >= 4 is 17.6 Å². The van der Waals surface area contributed by atoms with Crippen LogP contribution in [0.15, 0.2) is 18.2 Å². The molecule has 0 saturated carbocycles. The second kappa shape index (κ2) is 12.0. The summed E-state index contributed by atoms with van der Waals surface area (Å²) < 4.78 is 37.9. The molecule has 0 aliphatic carbocycles. The van der Waals surface area contributed by atoms with Gasteiger partial charge in [0, 0.05) is 25.7 Å². The maximum atomic E-state index is 13.6. The van der Waals surface area contributed by atoms with E-state index >= 15 is 0 Å². The Morgan fingerprint density at radius 3 is 2.72 bits per heavy atom. The molecule has 0 bridgehead atoms. The fourth-order valence-electron chi connectivity index (χ4n) is 3.83. The van der Waals surface area contributed by atoms with E-state index in [1.807, 2.05) is 4.90 Å². The van der Waals surface area contributed by atoms with Gasteiger partial charge < -0.3 is 30.5 Å². The molecule has 2 heterocycles. The molecular formula is C21H30F2N4O5. The van der Waals surface area contributed by atoms with Crippen LogP contribution in [0.4, 0.5) is 19.3 Å². The van der Waals surface area contributed by atoms with Crippen LogP contribution in [0, 0.1) is 11.6 Å². The van der Waals surface area contributed by atoms with Crippen LogP contribution in [0.25, 0.3) is 0 Å². The summed E-state index contributed by atoms with van der Waals surface area (Å²) in [6.45, 7) is 2.96. The van der Waals surface area contributed by atoms with Crippen molar-refractivity contribution in [2.75, 3.05) is 51.3 Å². The summed E-state index contributed by atoms with van der Waals surface area (Å²) in [5, 5.41) is 17.5. The number of morpholine rings is 1. The number of anilines is 1. The number of halogens is 2. The number of aliphatic hydroxyl groups is 1. The van der Waals surface area contributed by atoms with Gasteiger partial charge in [-0.25, -0.2) is 13.6 Å². The minimum atomic E-state index is -0.732. The molecule has 1 aromatic carbocycles. The third kappa shape index (κ3) is 7.37. The van der Waals surface area contributed by atoms with Crippen LogP contribution >= 0.6 is 0 Å². The van der Waals surface area contributed by atoms with E-state index < -0.39 is 23.8 Å². The molecule has 3 rings (SSSR count). The molecule has 9 nitrogen and oxygen atoms in total. The lowest BCUT2D eigenvalue weighted by molar-refractivity contribution is -0.130. The molecular weight excluding hydrogens is 426 g/mol. The first kappa shape index (κ1) is 24.3. The molecule has 0 radical (unpaired) electrons. The van der Waals surface area contributed by atoms with Crippen LogP contribution in [-0.4, -0.2) is 86.2 Å². The Bertz CT molecular complexity index is 779. The predicted octanol–water partition coefficient (Wildman–Crippen LogP) is 0.833. The quantitative estimate of drug-likeness (QED) is 0.461. The third-order valence-electron chi connectivity index (χ3n) is 5.54. The van der Waals surface area contributed by atoms with Crippen molar-refractivity contribution < 1.29 is 33.0 Å². The number of ether oxygens (including phenoxy) is 2. The molecule has 178 valence electrons. The second-order valence-electron chi connectivity index (χ2n) is 7.91. The summed E-state index contributed by atoms with van der Waals surface area (Å²) in [4.78, 5) is 26.3. The van der Waals surface area contributed by atoms with Crippen LogP contribution in [-0.2, 0) is 14.3 Å². The Morgan fingerprint density at radius 2 is 1.97 bits per heavy atom. The van der Waals surface area contributed by atoms with Gasteiger partial charge in [0.2, 0.25) is 5.91 Å². The Balaban J connectivity index is 1.37. The average Bonchev–Trinajstić information content (AvgIpc) is 2.78. The molecule has 0 unspecified atom stereocenters. The van der Waals surface area contributed by atoms with E-state index in [4.69, 9.17) is 9.47 Å². The van der Waals surface area contributed by atoms with Gasteiger partial charge in [0.05, 0.1) is 44.2 Å². The second-order valence-corrected chi connectivity index (χ2v) is 7.91. The molecule has 1 aromatic rings. The molecule has 2 saturated heterocycles. The van der Waals surface area contributed by atoms with E-state index in [-0.39, 0.29) is 43.4 Å². The van der Waals surface area contributed by atoms with Gasteiger partial charge in [-0.15, -0.1) is 0 Å². The van der Waals surface area contributed by atoms with Crippen LogP contribution < -0.4 is 16.0 Å². The summed E-state index contributed by atoms with van der Waals surface area (Å²) in [5.74, 6) is -1.50. The van der Waals surface area contributed by atoms with E-state index in [0.717, 1.165) is 18.2 Å². The highest BCUT2D eigenvalue weighted by atomic mass is 19.1. The van der Waals surface area contributed by atoms with E-state index in [0.29, 0.717) is 45.6 Å². The molecule has 3 amide bonds. The zero-order valence-electron chi connectivity index (χ0n) is 17.8. The normalized spacial score (nSPS) is 24.0. The molecule has 3 atom stereocenters. The largest absolute Gasteiger partial charge is 0.394 e. The smallest absolute Gasteiger partial charge is 0.319 e. The molecule has 32 heavy (non-hydrogen) atoms. The number of rotatable bonds is 8. The predicted molar refractivity (Wildman–Crippen MR) is 112 cm³/mol. The number of nitrogens with zero attached hydrogens (tertiary/aromatic N) is 1. The molecule has 0 spiro atoms. The van der Waals surface area contributed by atoms with Crippen molar-refractivity contribution in [2.45, 2.75) is 37.5 Å². The first-order valence-corrected chi connectivity index (χ1v) is 10.8. The molecule has 2 fully saturated rings. The van der Waals surface area contributed by atoms with Crippen molar-refractivity contribution in [3.05, 3.63) is 29.8 Å². The van der Waals surface area contributed by atoms with Crippen LogP contribution in [0.2, 0.25) is 0 Å². The summed E-state index contributed by atoms with van der Waals surface area (Å²) in [6, 6.07) is 1.87. The number of amides is 3. The number of urea groups is 1. The van der Waals surface area contributed by atoms with Crippen molar-refractivity contribution in [1.82, 2.24) is 15.5 Å². The Labute approximate surface area is 185 Å². The lowest BCUT2D eigenvalue weighted by atomic mass is 9.97. The molecule has 11 heteroatoms. The van der Waals surface area contributed by atoms with Crippen LogP contribution in [0.1, 0.15) is 19.3 Å². The number of hydrogen-bond acceptors (Lipinski definition) is 6. The average molecular weight is 456 g/mol. The Kier molecular flexibility index (Phi) is 9.15. The number of carbonyl (C=O) groups excluding carboxylic acids is 2. The number of nitrogens with one attached hydrogen (secondary N) is 3. The summed E-state index contributed by atoms with van der Waals surface area (Å²) in [5.41, 5.74) is -0.243. The lowest BCUT2D eigenvalue weighted by Crippen LogP contribution is -2.53. The van der Waals surface area contributed by atoms with E-state index in [2.05, 4.69) is 16.0 Å². The monoisotopic (exact) mass is 456 g/mol. The molecule has 4 N–H and O–H groups in total. The molecule has 2 aliphatic rings. The molecule has 2 aliphatic heterocycles. The Morgan fingerprint density at radius 1 is 1.19 bits per heavy atom. The van der Waals surface area contributed by atoms with Crippen molar-refractivity contribution in [1.29, 1.82) is 0 Å². The minimum absolute atomic E-state index is 0.111. The fraction of sp³-hybridized carbons (Fsp3) is 0.619. The van der Waals surface area contributed by atoms with Crippen molar-refractivity contribution in [3.8, 4) is 0 Å². The van der Waals surface area contributed by atoms with Gasteiger partial charge in [-0.3, -0.25) is 9.69 Å². The van der Waals surface area contributed by atoms with Gasteiger partial charge in [-0.2, -0.15) is 0 Å². The van der Waals surface area contributed by atoms with Crippen LogP contribution in [0.3, 0.4) is 0 Å². The third-order valence-corrected chi connectivity index (χ3v) is 5.54. The standard InChI is InChI=1S/C21H30F2N4O5/c22-14-1-3-16(23)18(11-14)26-21(30)24-6-5-15-2-4-17(19(13-28)32-15)25-20(29)12-27-7-9-31-10-8-27/h1,3,11,15,17,19,28H,2,4-10,12-13H2,(H,25,29)(H2,24,26,30)/t15-,17-,19-/m1/s1. The summed E-state index contributed by atoms with van der Waals surface area (Å²) in [6.07, 6.45) is 1.04. The Hall–Kier alpha value is -2.34. The lowest BCUT2D eigenvalue weighted by Gasteiger charge is -2.36. The SMILES string of the molecule is O=C(CN1CCOCC1)N[C@@H]1CC[C@H](CCNC(=O)Nc2cc(F)ccc2F)O[C@@H]1CO. The number of carbonyl (C=O) groups is 2. The van der Waals surface area contributed by atoms with Gasteiger partial charge in [-0.1, -0.05) is 0 Å².